The van der Waals surface area contributed by atoms with Gasteiger partial charge in [-0.25, -0.2) is 0 Å². The Kier molecular flexibility index (Phi) is 7.53. The Morgan fingerprint density at radius 2 is 1.94 bits per heavy atom. The van der Waals surface area contributed by atoms with Crippen molar-refractivity contribution in [2.75, 3.05) is 40.4 Å². The highest BCUT2D eigenvalue weighted by Crippen LogP contribution is 2.44. The zero-order chi connectivity index (χ0) is 24.6. The van der Waals surface area contributed by atoms with Crippen molar-refractivity contribution in [2.24, 2.45) is 11.3 Å². The standard InChI is InChI=1S/C24H35F3N2O4/c1-23(2,3)11-16-12-29-7-6-15-8-21(33-13-22(31)28(4)14-24(25,26)27)20(32-5)9-17(15)18(29)10-19(16)30/h8-9,16,18-19,30H,6-7,10-14H2,1-5H3/t16-,18-,19-/m1/s1. The van der Waals surface area contributed by atoms with E-state index in [-0.39, 0.29) is 23.5 Å². The molecule has 0 spiro atoms. The van der Waals surface area contributed by atoms with Crippen LogP contribution >= 0.6 is 0 Å². The molecule has 6 nitrogen and oxygen atoms in total. The SMILES string of the molecule is COc1cc2c(cc1OCC(=O)N(C)CC(F)(F)F)CCN1C[C@@H](CC(C)(C)C)[C@H](O)C[C@H]21. The maximum Gasteiger partial charge on any atom is 0.406 e. The lowest BCUT2D eigenvalue weighted by Gasteiger charge is -2.47. The summed E-state index contributed by atoms with van der Waals surface area (Å²) in [6.45, 7) is 6.42. The van der Waals surface area contributed by atoms with E-state index in [0.717, 1.165) is 44.1 Å². The van der Waals surface area contributed by atoms with Crippen LogP contribution in [0.25, 0.3) is 0 Å². The van der Waals surface area contributed by atoms with Gasteiger partial charge < -0.3 is 19.5 Å². The Bertz CT molecular complexity index is 853. The van der Waals surface area contributed by atoms with Gasteiger partial charge in [-0.15, -0.1) is 0 Å². The van der Waals surface area contributed by atoms with Crippen molar-refractivity contribution in [1.29, 1.82) is 0 Å². The number of likely N-dealkylation sites (N-methyl/N-ethyl adjacent to an activating group) is 1. The molecule has 1 saturated heterocycles. The number of carbonyl (C=O) groups is 1. The number of nitrogens with zero attached hydrogens (tertiary/aromatic N) is 2. The maximum atomic E-state index is 12.5. The van der Waals surface area contributed by atoms with Gasteiger partial charge in [0.05, 0.1) is 13.2 Å². The highest BCUT2D eigenvalue weighted by atomic mass is 19.4. The van der Waals surface area contributed by atoms with Crippen molar-refractivity contribution in [3.05, 3.63) is 23.3 Å². The maximum absolute atomic E-state index is 12.5. The minimum atomic E-state index is -4.46. The lowest BCUT2D eigenvalue weighted by atomic mass is 9.75. The third-order valence-corrected chi connectivity index (χ3v) is 6.44. The second-order valence-corrected chi connectivity index (χ2v) is 10.4. The molecule has 0 bridgehead atoms. The minimum absolute atomic E-state index is 0.0717. The minimum Gasteiger partial charge on any atom is -0.493 e. The molecule has 3 rings (SSSR count). The van der Waals surface area contributed by atoms with Gasteiger partial charge in [0.1, 0.15) is 6.54 Å². The van der Waals surface area contributed by atoms with Gasteiger partial charge in [-0.1, -0.05) is 20.8 Å². The van der Waals surface area contributed by atoms with Crippen molar-refractivity contribution < 1.29 is 32.5 Å². The molecular formula is C24H35F3N2O4. The van der Waals surface area contributed by atoms with E-state index in [1.165, 1.54) is 7.11 Å². The summed E-state index contributed by atoms with van der Waals surface area (Å²) in [7, 11) is 2.58. The molecule has 2 aliphatic heterocycles. The third kappa shape index (κ3) is 6.53. The molecule has 0 aliphatic carbocycles. The van der Waals surface area contributed by atoms with Crippen LogP contribution in [0.1, 0.15) is 50.8 Å². The number of benzene rings is 1. The quantitative estimate of drug-likeness (QED) is 0.682. The van der Waals surface area contributed by atoms with Crippen molar-refractivity contribution in [3.63, 3.8) is 0 Å². The fourth-order valence-corrected chi connectivity index (χ4v) is 4.97. The summed E-state index contributed by atoms with van der Waals surface area (Å²) in [4.78, 5) is 15.1. The molecule has 1 amide bonds. The summed E-state index contributed by atoms with van der Waals surface area (Å²) in [5.41, 5.74) is 2.26. The molecule has 9 heteroatoms. The first-order chi connectivity index (χ1) is 15.3. The number of carbonyl (C=O) groups excluding carboxylic acids is 1. The Labute approximate surface area is 193 Å². The van der Waals surface area contributed by atoms with Crippen molar-refractivity contribution in [3.8, 4) is 11.5 Å². The average Bonchev–Trinajstić information content (AvgIpc) is 2.69. The number of aliphatic hydroxyl groups excluding tert-OH is 1. The van der Waals surface area contributed by atoms with Gasteiger partial charge in [0.15, 0.2) is 18.1 Å². The summed E-state index contributed by atoms with van der Waals surface area (Å²) >= 11 is 0. The van der Waals surface area contributed by atoms with Gasteiger partial charge in [0, 0.05) is 26.2 Å². The Morgan fingerprint density at radius 1 is 1.24 bits per heavy atom. The molecular weight excluding hydrogens is 437 g/mol. The molecule has 2 heterocycles. The number of ether oxygens (including phenoxy) is 2. The predicted molar refractivity (Wildman–Crippen MR) is 118 cm³/mol. The molecule has 1 fully saturated rings. The Morgan fingerprint density at radius 3 is 2.55 bits per heavy atom. The largest absolute Gasteiger partial charge is 0.493 e. The Hall–Kier alpha value is -2.00. The van der Waals surface area contributed by atoms with Gasteiger partial charge in [0.2, 0.25) is 0 Å². The van der Waals surface area contributed by atoms with Crippen LogP contribution in [0.5, 0.6) is 11.5 Å². The number of fused-ring (bicyclic) bond motifs is 3. The second kappa shape index (κ2) is 9.70. The Balaban J connectivity index is 1.73. The van der Waals surface area contributed by atoms with Crippen LogP contribution in [0.4, 0.5) is 13.2 Å². The molecule has 0 unspecified atom stereocenters. The van der Waals surface area contributed by atoms with E-state index in [2.05, 4.69) is 25.7 Å². The van der Waals surface area contributed by atoms with Gasteiger partial charge in [-0.05, 0) is 53.9 Å². The predicted octanol–water partition coefficient (Wildman–Crippen LogP) is 3.81. The topological polar surface area (TPSA) is 62.2 Å². The van der Waals surface area contributed by atoms with Crippen LogP contribution in [-0.2, 0) is 11.2 Å². The molecule has 0 radical (unpaired) electrons. The van der Waals surface area contributed by atoms with E-state index in [4.69, 9.17) is 9.47 Å². The van der Waals surface area contributed by atoms with E-state index in [9.17, 15) is 23.1 Å². The summed E-state index contributed by atoms with van der Waals surface area (Å²) in [6, 6.07) is 3.76. The van der Waals surface area contributed by atoms with Gasteiger partial charge in [-0.2, -0.15) is 13.2 Å². The first-order valence-corrected chi connectivity index (χ1v) is 11.3. The number of rotatable bonds is 6. The first-order valence-electron chi connectivity index (χ1n) is 11.3. The smallest absolute Gasteiger partial charge is 0.406 e. The monoisotopic (exact) mass is 472 g/mol. The number of halogens is 3. The fourth-order valence-electron chi connectivity index (χ4n) is 4.97. The van der Waals surface area contributed by atoms with Crippen LogP contribution < -0.4 is 9.47 Å². The number of methoxy groups -OCH3 is 1. The van der Waals surface area contributed by atoms with Crippen molar-refractivity contribution in [1.82, 2.24) is 9.80 Å². The molecule has 0 aromatic heterocycles. The molecule has 2 aliphatic rings. The molecule has 0 saturated carbocycles. The van der Waals surface area contributed by atoms with Gasteiger partial charge >= 0.3 is 6.18 Å². The molecule has 186 valence electrons. The lowest BCUT2D eigenvalue weighted by Crippen LogP contribution is -2.48. The molecule has 1 N–H and O–H groups in total. The number of piperidine rings is 1. The number of alkyl halides is 3. The highest BCUT2D eigenvalue weighted by molar-refractivity contribution is 5.77. The van der Waals surface area contributed by atoms with Crippen molar-refractivity contribution in [2.45, 2.75) is 58.4 Å². The molecule has 33 heavy (non-hydrogen) atoms. The van der Waals surface area contributed by atoms with Crippen LogP contribution in [0.2, 0.25) is 0 Å². The van der Waals surface area contributed by atoms with E-state index in [0.29, 0.717) is 22.8 Å². The molecule has 1 aromatic rings. The van der Waals surface area contributed by atoms with Gasteiger partial charge in [-0.3, -0.25) is 9.69 Å². The summed E-state index contributed by atoms with van der Waals surface area (Å²) < 4.78 is 48.6. The van der Waals surface area contributed by atoms with Crippen LogP contribution in [0, 0.1) is 11.3 Å². The van der Waals surface area contributed by atoms with Crippen molar-refractivity contribution >= 4 is 5.91 Å². The van der Waals surface area contributed by atoms with Crippen LogP contribution in [0.3, 0.4) is 0 Å². The van der Waals surface area contributed by atoms with E-state index < -0.39 is 25.2 Å². The third-order valence-electron chi connectivity index (χ3n) is 6.44. The van der Waals surface area contributed by atoms with E-state index in [1.54, 1.807) is 0 Å². The highest BCUT2D eigenvalue weighted by Gasteiger charge is 2.40. The van der Waals surface area contributed by atoms with Crippen LogP contribution in [-0.4, -0.2) is 73.5 Å². The number of hydrogen-bond acceptors (Lipinski definition) is 5. The fraction of sp³-hybridized carbons (Fsp3) is 0.708. The number of amides is 1. The zero-order valence-electron chi connectivity index (χ0n) is 20.0. The van der Waals surface area contributed by atoms with E-state index in [1.807, 2.05) is 12.1 Å². The van der Waals surface area contributed by atoms with Gasteiger partial charge in [0.25, 0.3) is 5.91 Å². The number of aliphatic hydroxyl groups is 1. The van der Waals surface area contributed by atoms with Crippen LogP contribution in [0.15, 0.2) is 12.1 Å². The normalized spacial score (nSPS) is 23.5. The summed E-state index contributed by atoms with van der Waals surface area (Å²) in [6.07, 6.45) is -2.47. The molecule has 3 atom stereocenters. The molecule has 1 aromatic carbocycles. The zero-order valence-corrected chi connectivity index (χ0v) is 20.0. The summed E-state index contributed by atoms with van der Waals surface area (Å²) in [5.74, 6) is 0.221. The first kappa shape index (κ1) is 25.6. The number of hydrogen-bond donors (Lipinski definition) is 1. The van der Waals surface area contributed by atoms with E-state index >= 15 is 0 Å². The second-order valence-electron chi connectivity index (χ2n) is 10.4. The summed E-state index contributed by atoms with van der Waals surface area (Å²) in [5, 5.41) is 10.9. The lowest BCUT2D eigenvalue weighted by molar-refractivity contribution is -0.159. The average molecular weight is 473 g/mol.